The predicted octanol–water partition coefficient (Wildman–Crippen LogP) is 2.38. The van der Waals surface area contributed by atoms with Crippen LogP contribution >= 0.6 is 0 Å². The third-order valence-corrected chi connectivity index (χ3v) is 3.13. The van der Waals surface area contributed by atoms with E-state index in [1.54, 1.807) is 37.3 Å². The normalized spacial score (nSPS) is 11.5. The molecule has 0 saturated carbocycles. The van der Waals surface area contributed by atoms with Crippen LogP contribution in [0.1, 0.15) is 18.1 Å². The predicted molar refractivity (Wildman–Crippen MR) is 90.1 cm³/mol. The molecule has 0 unspecified atom stereocenters. The number of carbonyl (C=O) groups excluding carboxylic acids is 1. The molecule has 2 rings (SSSR count). The van der Waals surface area contributed by atoms with Crippen LogP contribution in [0.15, 0.2) is 53.6 Å². The Bertz CT molecular complexity index is 840. The summed E-state index contributed by atoms with van der Waals surface area (Å²) in [6, 6.07) is 14.2. The summed E-state index contributed by atoms with van der Waals surface area (Å²) in [6.45, 7) is 1.55. The van der Waals surface area contributed by atoms with Crippen molar-refractivity contribution >= 4 is 17.8 Å². The second-order valence-electron chi connectivity index (χ2n) is 4.98. The lowest BCUT2D eigenvalue weighted by molar-refractivity contribution is -0.384. The van der Waals surface area contributed by atoms with Gasteiger partial charge in [-0.3, -0.25) is 14.9 Å². The summed E-state index contributed by atoms with van der Waals surface area (Å²) in [5, 5.41) is 23.2. The van der Waals surface area contributed by atoms with E-state index in [-0.39, 0.29) is 5.69 Å². The lowest BCUT2D eigenvalue weighted by atomic mass is 10.2. The van der Waals surface area contributed by atoms with Gasteiger partial charge in [0, 0.05) is 17.7 Å². The van der Waals surface area contributed by atoms with Crippen molar-refractivity contribution < 1.29 is 14.5 Å². The topological polar surface area (TPSA) is 118 Å². The number of nitrogens with one attached hydrogen (secondary N) is 1. The van der Waals surface area contributed by atoms with Crippen molar-refractivity contribution in [2.45, 2.75) is 13.0 Å². The average molecular weight is 338 g/mol. The number of amides is 1. The summed E-state index contributed by atoms with van der Waals surface area (Å²) in [4.78, 5) is 22.1. The highest BCUT2D eigenvalue weighted by Crippen LogP contribution is 2.13. The molecule has 0 radical (unpaired) electrons. The zero-order valence-corrected chi connectivity index (χ0v) is 13.2. The minimum atomic E-state index is -0.810. The number of hydrogen-bond acceptors (Lipinski definition) is 6. The molecule has 25 heavy (non-hydrogen) atoms. The molecule has 8 heteroatoms. The number of carbonyl (C=O) groups is 1. The molecule has 8 nitrogen and oxygen atoms in total. The molecular formula is C17H14N4O4. The Balaban J connectivity index is 1.91. The lowest BCUT2D eigenvalue weighted by Crippen LogP contribution is -2.33. The number of hydrogen-bond donors (Lipinski definition) is 1. The van der Waals surface area contributed by atoms with Crippen molar-refractivity contribution in [3.8, 4) is 11.8 Å². The SMILES string of the molecule is C[C@@H](Oc1ccc(C#N)cc1)C(=O)N/N=C\c1cccc([N+](=O)[O-])c1. The highest BCUT2D eigenvalue weighted by Gasteiger charge is 2.13. The first-order valence-corrected chi connectivity index (χ1v) is 7.24. The van der Waals surface area contributed by atoms with Gasteiger partial charge in [-0.15, -0.1) is 0 Å². The number of hydrazone groups is 1. The fraction of sp³-hybridized carbons (Fsp3) is 0.118. The molecule has 0 aliphatic heterocycles. The van der Waals surface area contributed by atoms with E-state index in [0.717, 1.165) is 0 Å². The average Bonchev–Trinajstić information content (AvgIpc) is 2.62. The number of non-ortho nitro benzene ring substituents is 1. The molecule has 0 spiro atoms. The number of ether oxygens (including phenoxy) is 1. The summed E-state index contributed by atoms with van der Waals surface area (Å²) in [7, 11) is 0. The minimum absolute atomic E-state index is 0.0622. The minimum Gasteiger partial charge on any atom is -0.481 e. The molecule has 1 atom stereocenters. The van der Waals surface area contributed by atoms with Crippen LogP contribution in [0.3, 0.4) is 0 Å². The third kappa shape index (κ3) is 5.14. The molecule has 0 saturated heterocycles. The Morgan fingerprint density at radius 1 is 1.36 bits per heavy atom. The molecule has 2 aromatic carbocycles. The zero-order chi connectivity index (χ0) is 18.2. The standard InChI is InChI=1S/C17H14N4O4/c1-12(25-16-7-5-13(10-18)6-8-16)17(22)20-19-11-14-3-2-4-15(9-14)21(23)24/h2-9,11-12H,1H3,(H,20,22)/b19-11-/t12-/m1/s1. The Labute approximate surface area is 143 Å². The van der Waals surface area contributed by atoms with Gasteiger partial charge in [-0.1, -0.05) is 12.1 Å². The van der Waals surface area contributed by atoms with Crippen molar-refractivity contribution in [3.63, 3.8) is 0 Å². The van der Waals surface area contributed by atoms with Crippen LogP contribution < -0.4 is 10.2 Å². The van der Waals surface area contributed by atoms with Crippen LogP contribution in [0.4, 0.5) is 5.69 Å². The number of benzene rings is 2. The van der Waals surface area contributed by atoms with E-state index in [2.05, 4.69) is 10.5 Å². The Hall–Kier alpha value is -3.73. The number of nitriles is 1. The van der Waals surface area contributed by atoms with Crippen LogP contribution in [0, 0.1) is 21.4 Å². The number of nitrogens with zero attached hydrogens (tertiary/aromatic N) is 3. The second kappa shape index (κ2) is 8.21. The molecular weight excluding hydrogens is 324 g/mol. The van der Waals surface area contributed by atoms with Gasteiger partial charge in [0.05, 0.1) is 22.8 Å². The highest BCUT2D eigenvalue weighted by molar-refractivity contribution is 5.84. The first-order chi connectivity index (χ1) is 12.0. The maximum Gasteiger partial charge on any atom is 0.280 e. The Kier molecular flexibility index (Phi) is 5.79. The van der Waals surface area contributed by atoms with E-state index in [1.807, 2.05) is 6.07 Å². The maximum atomic E-state index is 11.9. The van der Waals surface area contributed by atoms with Crippen molar-refractivity contribution in [1.82, 2.24) is 5.43 Å². The summed E-state index contributed by atoms with van der Waals surface area (Å²) in [5.74, 6) is -0.0321. The molecule has 2 aromatic rings. The van der Waals surface area contributed by atoms with Crippen molar-refractivity contribution in [2.24, 2.45) is 5.10 Å². The van der Waals surface area contributed by atoms with Gasteiger partial charge in [0.2, 0.25) is 0 Å². The number of nitro benzene ring substituents is 1. The quantitative estimate of drug-likeness (QED) is 0.493. The molecule has 0 bridgehead atoms. The van der Waals surface area contributed by atoms with Crippen molar-refractivity contribution in [2.75, 3.05) is 0 Å². The van der Waals surface area contributed by atoms with E-state index >= 15 is 0 Å². The lowest BCUT2D eigenvalue weighted by Gasteiger charge is -2.12. The summed E-state index contributed by atoms with van der Waals surface area (Å²) in [6.07, 6.45) is 0.495. The molecule has 0 heterocycles. The fourth-order valence-corrected chi connectivity index (χ4v) is 1.85. The van der Waals surface area contributed by atoms with E-state index < -0.39 is 16.9 Å². The van der Waals surface area contributed by atoms with Crippen LogP contribution in [-0.4, -0.2) is 23.1 Å². The molecule has 126 valence electrons. The Morgan fingerprint density at radius 2 is 2.08 bits per heavy atom. The van der Waals surface area contributed by atoms with Gasteiger partial charge < -0.3 is 4.74 Å². The molecule has 1 N–H and O–H groups in total. The second-order valence-corrected chi connectivity index (χ2v) is 4.98. The summed E-state index contributed by atoms with van der Waals surface area (Å²) >= 11 is 0. The molecule has 0 aromatic heterocycles. The number of rotatable bonds is 6. The van der Waals surface area contributed by atoms with E-state index in [1.165, 1.54) is 24.4 Å². The van der Waals surface area contributed by atoms with Gasteiger partial charge in [0.1, 0.15) is 5.75 Å². The van der Waals surface area contributed by atoms with Crippen molar-refractivity contribution in [3.05, 3.63) is 69.8 Å². The first-order valence-electron chi connectivity index (χ1n) is 7.24. The van der Waals surface area contributed by atoms with Crippen LogP contribution in [0.5, 0.6) is 5.75 Å². The first kappa shape index (κ1) is 17.6. The summed E-state index contributed by atoms with van der Waals surface area (Å²) < 4.78 is 5.44. The highest BCUT2D eigenvalue weighted by atomic mass is 16.6. The van der Waals surface area contributed by atoms with Gasteiger partial charge in [0.15, 0.2) is 6.10 Å². The van der Waals surface area contributed by atoms with Gasteiger partial charge in [0.25, 0.3) is 11.6 Å². The fourth-order valence-electron chi connectivity index (χ4n) is 1.85. The molecule has 0 aliphatic rings. The van der Waals surface area contributed by atoms with E-state index in [0.29, 0.717) is 16.9 Å². The van der Waals surface area contributed by atoms with E-state index in [9.17, 15) is 14.9 Å². The smallest absolute Gasteiger partial charge is 0.280 e. The van der Waals surface area contributed by atoms with Gasteiger partial charge in [-0.05, 0) is 31.2 Å². The van der Waals surface area contributed by atoms with Gasteiger partial charge in [-0.2, -0.15) is 10.4 Å². The molecule has 0 aliphatic carbocycles. The number of nitro groups is 1. The summed E-state index contributed by atoms with van der Waals surface area (Å²) in [5.41, 5.74) is 3.22. The Morgan fingerprint density at radius 3 is 2.72 bits per heavy atom. The van der Waals surface area contributed by atoms with Gasteiger partial charge >= 0.3 is 0 Å². The van der Waals surface area contributed by atoms with E-state index in [4.69, 9.17) is 10.00 Å². The maximum absolute atomic E-state index is 11.9. The molecule has 0 fully saturated rings. The van der Waals surface area contributed by atoms with Crippen molar-refractivity contribution in [1.29, 1.82) is 5.26 Å². The molecule has 1 amide bonds. The zero-order valence-electron chi connectivity index (χ0n) is 13.2. The van der Waals surface area contributed by atoms with Crippen LogP contribution in [0.2, 0.25) is 0 Å². The van der Waals surface area contributed by atoms with Crippen LogP contribution in [0.25, 0.3) is 0 Å². The third-order valence-electron chi connectivity index (χ3n) is 3.13. The monoisotopic (exact) mass is 338 g/mol. The van der Waals surface area contributed by atoms with Gasteiger partial charge in [-0.25, -0.2) is 5.43 Å². The largest absolute Gasteiger partial charge is 0.481 e. The van der Waals surface area contributed by atoms with Crippen LogP contribution in [-0.2, 0) is 4.79 Å².